The zero-order chi connectivity index (χ0) is 32.2. The maximum Gasteiger partial charge on any atom is 0.432 e. The van der Waals surface area contributed by atoms with E-state index in [-0.39, 0.29) is 64.1 Å². The third kappa shape index (κ3) is 5.01. The van der Waals surface area contributed by atoms with E-state index in [1.807, 2.05) is 6.92 Å². The number of Topliss-reactive ketones (excluding diaryl/α,β-unsaturated/α-hetero) is 1. The van der Waals surface area contributed by atoms with Gasteiger partial charge in [0.05, 0.1) is 23.1 Å². The summed E-state index contributed by atoms with van der Waals surface area (Å²) in [5.41, 5.74) is 0.0211. The van der Waals surface area contributed by atoms with E-state index >= 15 is 0 Å². The summed E-state index contributed by atoms with van der Waals surface area (Å²) in [5, 5.41) is 20.0. The van der Waals surface area contributed by atoms with Crippen molar-refractivity contribution < 1.29 is 41.0 Å². The average molecular weight is 626 g/mol. The number of aromatic nitrogens is 7. The van der Waals surface area contributed by atoms with Crippen molar-refractivity contribution in [2.24, 2.45) is 0 Å². The summed E-state index contributed by atoms with van der Waals surface area (Å²) in [6.45, 7) is 3.19. The smallest absolute Gasteiger partial charge is 0.383 e. The van der Waals surface area contributed by atoms with Gasteiger partial charge < -0.3 is 15.7 Å². The normalized spacial score (nSPS) is 17.9. The number of nitrogens with zero attached hydrogens (tertiary/aromatic N) is 7. The molecule has 4 aromatic rings. The number of aryl methyl sites for hydroxylation is 1. The number of nitrogen functional groups attached to an aromatic ring is 1. The Kier molecular flexibility index (Phi) is 7.59. The Labute approximate surface area is 244 Å². The fourth-order valence-electron chi connectivity index (χ4n) is 5.50. The van der Waals surface area contributed by atoms with Crippen molar-refractivity contribution in [3.8, 4) is 11.1 Å². The number of carbonyl (C=O) groups excluding carboxylic acids is 2. The van der Waals surface area contributed by atoms with Gasteiger partial charge in [-0.05, 0) is 45.6 Å². The second-order valence-electron chi connectivity index (χ2n) is 10.5. The van der Waals surface area contributed by atoms with Gasteiger partial charge in [0.1, 0.15) is 12.1 Å². The highest BCUT2D eigenvalue weighted by Crippen LogP contribution is 2.49. The van der Waals surface area contributed by atoms with Crippen LogP contribution in [0, 0.1) is 0 Å². The van der Waals surface area contributed by atoms with Gasteiger partial charge in [-0.2, -0.15) is 41.1 Å². The second kappa shape index (κ2) is 10.8. The zero-order valence-electron chi connectivity index (χ0n) is 23.1. The quantitative estimate of drug-likeness (QED) is 0.205. The molecule has 0 aromatic carbocycles. The van der Waals surface area contributed by atoms with Crippen molar-refractivity contribution >= 4 is 23.2 Å². The zero-order valence-corrected chi connectivity index (χ0v) is 23.1. The molecule has 2 atom stereocenters. The molecule has 1 aliphatic heterocycles. The standard InChI is InChI=1S/C26H25F6N9O3/c1-12-3-5-15(40(12)23(43)21-35-11-36-39-21)6-7-17-19(13(2)42)20(33)41-22(38-17)16(10-37-41)14-4-8-18(34-9-14)24(44,25(27,28)29)26(30,31)32/h4,8-12,15,44H,3,5-7,33H2,1-2H3,(H,35,36,39)/t12-,15-/m1/s1. The van der Waals surface area contributed by atoms with Gasteiger partial charge in [0.15, 0.2) is 11.4 Å². The van der Waals surface area contributed by atoms with Crippen molar-refractivity contribution in [3.05, 3.63) is 53.6 Å². The molecule has 234 valence electrons. The number of hydrogen-bond donors (Lipinski definition) is 3. The van der Waals surface area contributed by atoms with Gasteiger partial charge in [-0.1, -0.05) is 6.07 Å². The van der Waals surface area contributed by atoms with E-state index in [0.717, 1.165) is 23.2 Å². The fraction of sp³-hybridized carbons (Fsp3) is 0.423. The van der Waals surface area contributed by atoms with Crippen LogP contribution in [0.5, 0.6) is 0 Å². The van der Waals surface area contributed by atoms with Gasteiger partial charge in [0.25, 0.3) is 11.5 Å². The Morgan fingerprint density at radius 2 is 1.80 bits per heavy atom. The molecule has 0 unspecified atom stereocenters. The number of ketones is 1. The first-order valence-corrected chi connectivity index (χ1v) is 13.2. The summed E-state index contributed by atoms with van der Waals surface area (Å²) in [4.78, 5) is 39.2. The molecule has 0 bridgehead atoms. The number of nitrogens with one attached hydrogen (secondary N) is 1. The van der Waals surface area contributed by atoms with Crippen LogP contribution in [-0.2, 0) is 12.0 Å². The van der Waals surface area contributed by atoms with E-state index in [0.29, 0.717) is 18.9 Å². The molecule has 0 aliphatic carbocycles. The Hall–Kier alpha value is -4.61. The monoisotopic (exact) mass is 625 g/mol. The summed E-state index contributed by atoms with van der Waals surface area (Å²) >= 11 is 0. The second-order valence-corrected chi connectivity index (χ2v) is 10.5. The molecule has 4 aromatic heterocycles. The molecule has 0 spiro atoms. The fourth-order valence-corrected chi connectivity index (χ4v) is 5.50. The molecule has 1 aliphatic rings. The van der Waals surface area contributed by atoms with Gasteiger partial charge in [-0.25, -0.2) is 9.97 Å². The van der Waals surface area contributed by atoms with Gasteiger partial charge in [0, 0.05) is 29.4 Å². The van der Waals surface area contributed by atoms with Crippen molar-refractivity contribution in [2.45, 2.75) is 69.6 Å². The van der Waals surface area contributed by atoms with Gasteiger partial charge >= 0.3 is 12.4 Å². The van der Waals surface area contributed by atoms with E-state index in [2.05, 4.69) is 30.2 Å². The van der Waals surface area contributed by atoms with E-state index in [4.69, 9.17) is 5.73 Å². The lowest BCUT2D eigenvalue weighted by atomic mass is 9.96. The minimum absolute atomic E-state index is 0.0253. The summed E-state index contributed by atoms with van der Waals surface area (Å²) in [7, 11) is 0. The number of pyridine rings is 1. The number of halogens is 6. The third-order valence-electron chi connectivity index (χ3n) is 7.73. The van der Waals surface area contributed by atoms with Crippen LogP contribution in [0.15, 0.2) is 30.9 Å². The molecule has 5 rings (SSSR count). The van der Waals surface area contributed by atoms with Crippen LogP contribution in [0.25, 0.3) is 16.8 Å². The first-order chi connectivity index (χ1) is 20.6. The lowest BCUT2D eigenvalue weighted by molar-refractivity contribution is -0.377. The Morgan fingerprint density at radius 1 is 1.09 bits per heavy atom. The first kappa shape index (κ1) is 30.8. The number of likely N-dealkylation sites (tertiary alicyclic amines) is 1. The highest BCUT2D eigenvalue weighted by atomic mass is 19.4. The largest absolute Gasteiger partial charge is 0.432 e. The topological polar surface area (TPSA) is 168 Å². The summed E-state index contributed by atoms with van der Waals surface area (Å²) in [6, 6.07) is 0.999. The van der Waals surface area contributed by atoms with E-state index < -0.39 is 29.4 Å². The molecule has 5 heterocycles. The van der Waals surface area contributed by atoms with Gasteiger partial charge in [-0.3, -0.25) is 19.7 Å². The van der Waals surface area contributed by atoms with Crippen LogP contribution in [0.2, 0.25) is 0 Å². The Bertz CT molecular complexity index is 1690. The molecular formula is C26H25F6N9O3. The minimum Gasteiger partial charge on any atom is -0.383 e. The highest BCUT2D eigenvalue weighted by Gasteiger charge is 2.72. The number of carbonyl (C=O) groups is 2. The van der Waals surface area contributed by atoms with Crippen molar-refractivity contribution in [1.82, 2.24) is 39.7 Å². The van der Waals surface area contributed by atoms with E-state index in [1.54, 1.807) is 4.90 Å². The SMILES string of the molecule is CC(=O)c1c(CC[C@H]2CC[C@@H](C)N2C(=O)c2ncn[nH]2)nc2c(-c3ccc(C(O)(C(F)(F)F)C(F)(F)F)nc3)cnn2c1N. The highest BCUT2D eigenvalue weighted by molar-refractivity contribution is 6.00. The van der Waals surface area contributed by atoms with Crippen LogP contribution in [-0.4, -0.2) is 80.9 Å². The molecule has 0 saturated carbocycles. The number of hydrogen-bond acceptors (Lipinski definition) is 9. The van der Waals surface area contributed by atoms with Crippen molar-refractivity contribution in [1.29, 1.82) is 0 Å². The summed E-state index contributed by atoms with van der Waals surface area (Å²) in [5.74, 6) is -0.734. The molecule has 1 amide bonds. The molecular weight excluding hydrogens is 600 g/mol. The number of nitrogens with two attached hydrogens (primary N) is 1. The van der Waals surface area contributed by atoms with Gasteiger partial charge in [0.2, 0.25) is 5.82 Å². The molecule has 1 fully saturated rings. The maximum atomic E-state index is 13.3. The molecule has 44 heavy (non-hydrogen) atoms. The van der Waals surface area contributed by atoms with Crippen LogP contribution >= 0.6 is 0 Å². The van der Waals surface area contributed by atoms with Crippen LogP contribution in [0.1, 0.15) is 65.5 Å². The molecule has 18 heteroatoms. The minimum atomic E-state index is -6.09. The summed E-state index contributed by atoms with van der Waals surface area (Å²) in [6.07, 6.45) is -7.03. The lowest BCUT2D eigenvalue weighted by Crippen LogP contribution is -2.54. The average Bonchev–Trinajstić information content (AvgIpc) is 3.70. The number of aliphatic hydroxyl groups is 1. The number of rotatable bonds is 7. The Morgan fingerprint density at radius 3 is 2.36 bits per heavy atom. The van der Waals surface area contributed by atoms with E-state index in [1.165, 1.54) is 19.4 Å². The van der Waals surface area contributed by atoms with Crippen LogP contribution < -0.4 is 5.73 Å². The Balaban J connectivity index is 1.49. The number of H-pyrrole nitrogens is 1. The third-order valence-corrected chi connectivity index (χ3v) is 7.73. The molecule has 12 nitrogen and oxygen atoms in total. The number of amides is 1. The number of anilines is 1. The number of fused-ring (bicyclic) bond motifs is 1. The predicted molar refractivity (Wildman–Crippen MR) is 140 cm³/mol. The predicted octanol–water partition coefficient (Wildman–Crippen LogP) is 3.63. The lowest BCUT2D eigenvalue weighted by Gasteiger charge is -2.31. The van der Waals surface area contributed by atoms with Crippen molar-refractivity contribution in [2.75, 3.05) is 5.73 Å². The number of alkyl halides is 6. The van der Waals surface area contributed by atoms with Crippen LogP contribution in [0.3, 0.4) is 0 Å². The maximum absolute atomic E-state index is 13.3. The summed E-state index contributed by atoms with van der Waals surface area (Å²) < 4.78 is 80.9. The molecule has 1 saturated heterocycles. The van der Waals surface area contributed by atoms with E-state index in [9.17, 15) is 41.0 Å². The van der Waals surface area contributed by atoms with Crippen LogP contribution in [0.4, 0.5) is 32.2 Å². The molecule has 4 N–H and O–H groups in total. The first-order valence-electron chi connectivity index (χ1n) is 13.2. The number of aromatic amines is 1. The van der Waals surface area contributed by atoms with Crippen molar-refractivity contribution in [3.63, 3.8) is 0 Å². The molecule has 0 radical (unpaired) electrons. The van der Waals surface area contributed by atoms with Gasteiger partial charge in [-0.15, -0.1) is 0 Å².